The van der Waals surface area contributed by atoms with Gasteiger partial charge in [0.05, 0.1) is 28.4 Å². The van der Waals surface area contributed by atoms with Gasteiger partial charge in [-0.15, -0.1) is 0 Å². The Kier molecular flexibility index (Phi) is 5.93. The Labute approximate surface area is 168 Å². The number of rotatable bonds is 4. The summed E-state index contributed by atoms with van der Waals surface area (Å²) in [7, 11) is 0. The van der Waals surface area contributed by atoms with Gasteiger partial charge in [0.1, 0.15) is 0 Å². The molecule has 0 saturated carbocycles. The molecule has 1 heterocycles. The van der Waals surface area contributed by atoms with Crippen LogP contribution in [0.3, 0.4) is 0 Å². The van der Waals surface area contributed by atoms with Crippen molar-refractivity contribution in [1.82, 2.24) is 4.90 Å². The molecule has 2 amide bonds. The molecule has 1 aliphatic rings. The lowest BCUT2D eigenvalue weighted by Gasteiger charge is -2.35. The Morgan fingerprint density at radius 1 is 1.14 bits per heavy atom. The van der Waals surface area contributed by atoms with Gasteiger partial charge in [0, 0.05) is 30.3 Å². The maximum atomic E-state index is 13.0. The summed E-state index contributed by atoms with van der Waals surface area (Å²) in [5.74, 6) is -0.616. The predicted octanol–water partition coefficient (Wildman–Crippen LogP) is 3.40. The van der Waals surface area contributed by atoms with E-state index in [0.717, 1.165) is 0 Å². The number of morpholine rings is 1. The quantitative estimate of drug-likeness (QED) is 0.629. The molecule has 8 heteroatoms. The normalized spacial score (nSPS) is 18.9. The van der Waals surface area contributed by atoms with Gasteiger partial charge in [-0.3, -0.25) is 19.7 Å². The summed E-state index contributed by atoms with van der Waals surface area (Å²) in [5, 5.41) is 13.7. The number of nitro benzene ring substituents is 1. The number of nitrogens with one attached hydrogen (secondary N) is 1. The van der Waals surface area contributed by atoms with Crippen molar-refractivity contribution in [3.63, 3.8) is 0 Å². The third kappa shape index (κ3) is 4.60. The molecule has 2 atom stereocenters. The number of ether oxygens (including phenoxy) is 1. The molecular formula is C21H23N3O5. The Morgan fingerprint density at radius 2 is 1.79 bits per heavy atom. The van der Waals surface area contributed by atoms with E-state index in [9.17, 15) is 19.7 Å². The molecule has 1 N–H and O–H groups in total. The molecule has 8 nitrogen and oxygen atoms in total. The number of nitrogens with zero attached hydrogens (tertiary/aromatic N) is 2. The van der Waals surface area contributed by atoms with Crippen LogP contribution < -0.4 is 5.32 Å². The molecule has 1 aliphatic heterocycles. The van der Waals surface area contributed by atoms with Crippen molar-refractivity contribution in [2.24, 2.45) is 0 Å². The first-order valence-corrected chi connectivity index (χ1v) is 9.36. The minimum atomic E-state index is -0.491. The predicted molar refractivity (Wildman–Crippen MR) is 108 cm³/mol. The average Bonchev–Trinajstić information content (AvgIpc) is 2.66. The number of anilines is 1. The number of hydrogen-bond donors (Lipinski definition) is 1. The van der Waals surface area contributed by atoms with Gasteiger partial charge in [0.15, 0.2) is 0 Å². The standard InChI is InChI=1S/C21H23N3O5/c1-13-10-16(8-9-19(13)24(27)28)20(25)22-18-7-5-4-6-17(18)21(26)23-11-14(2)29-15(3)12-23/h4-10,14-15H,11-12H2,1-3H3,(H,22,25). The molecule has 0 aromatic heterocycles. The zero-order valence-electron chi connectivity index (χ0n) is 16.5. The van der Waals surface area contributed by atoms with E-state index in [1.807, 2.05) is 13.8 Å². The number of nitro groups is 1. The molecule has 3 rings (SSSR count). The van der Waals surface area contributed by atoms with Crippen LogP contribution in [0.4, 0.5) is 11.4 Å². The van der Waals surface area contributed by atoms with Crippen molar-refractivity contribution < 1.29 is 19.2 Å². The van der Waals surface area contributed by atoms with E-state index in [1.54, 1.807) is 36.1 Å². The molecule has 2 unspecified atom stereocenters. The number of hydrogen-bond acceptors (Lipinski definition) is 5. The van der Waals surface area contributed by atoms with Crippen molar-refractivity contribution in [3.05, 3.63) is 69.3 Å². The van der Waals surface area contributed by atoms with Crippen molar-refractivity contribution in [2.75, 3.05) is 18.4 Å². The number of carbonyl (C=O) groups is 2. The highest BCUT2D eigenvalue weighted by Gasteiger charge is 2.28. The van der Waals surface area contributed by atoms with Gasteiger partial charge in [-0.05, 0) is 45.0 Å². The van der Waals surface area contributed by atoms with Gasteiger partial charge in [-0.2, -0.15) is 0 Å². The molecule has 0 aliphatic carbocycles. The van der Waals surface area contributed by atoms with Crippen LogP contribution in [0.1, 0.15) is 40.1 Å². The SMILES string of the molecule is Cc1cc(C(=O)Nc2ccccc2C(=O)N2CC(C)OC(C)C2)ccc1[N+](=O)[O-]. The molecule has 1 saturated heterocycles. The second-order valence-corrected chi connectivity index (χ2v) is 7.23. The third-order valence-corrected chi connectivity index (χ3v) is 4.77. The van der Waals surface area contributed by atoms with Crippen LogP contribution >= 0.6 is 0 Å². The summed E-state index contributed by atoms with van der Waals surface area (Å²) in [4.78, 5) is 37.9. The Hall–Kier alpha value is -3.26. The molecular weight excluding hydrogens is 374 g/mol. The fourth-order valence-corrected chi connectivity index (χ4v) is 3.49. The first-order valence-electron chi connectivity index (χ1n) is 9.36. The van der Waals surface area contributed by atoms with Crippen LogP contribution in [0.2, 0.25) is 0 Å². The summed E-state index contributed by atoms with van der Waals surface area (Å²) in [6, 6.07) is 11.0. The lowest BCUT2D eigenvalue weighted by molar-refractivity contribution is -0.385. The van der Waals surface area contributed by atoms with Gasteiger partial charge < -0.3 is 15.0 Å². The fourth-order valence-electron chi connectivity index (χ4n) is 3.49. The van der Waals surface area contributed by atoms with Crippen LogP contribution in [-0.2, 0) is 4.74 Å². The van der Waals surface area contributed by atoms with E-state index in [4.69, 9.17) is 4.74 Å². The van der Waals surface area contributed by atoms with Gasteiger partial charge in [-0.1, -0.05) is 12.1 Å². The zero-order chi connectivity index (χ0) is 21.1. The van der Waals surface area contributed by atoms with Crippen LogP contribution in [0.5, 0.6) is 0 Å². The smallest absolute Gasteiger partial charge is 0.272 e. The molecule has 2 aromatic rings. The topological polar surface area (TPSA) is 102 Å². The number of aryl methyl sites for hydroxylation is 1. The average molecular weight is 397 g/mol. The molecule has 2 aromatic carbocycles. The van der Waals surface area contributed by atoms with Crippen molar-refractivity contribution in [2.45, 2.75) is 33.0 Å². The monoisotopic (exact) mass is 397 g/mol. The molecule has 0 spiro atoms. The van der Waals surface area contributed by atoms with Crippen molar-refractivity contribution >= 4 is 23.2 Å². The minimum absolute atomic E-state index is 0.0484. The minimum Gasteiger partial charge on any atom is -0.372 e. The van der Waals surface area contributed by atoms with Gasteiger partial charge in [0.25, 0.3) is 17.5 Å². The first-order chi connectivity index (χ1) is 13.8. The molecule has 0 radical (unpaired) electrons. The molecule has 152 valence electrons. The largest absolute Gasteiger partial charge is 0.372 e. The lowest BCUT2D eigenvalue weighted by atomic mass is 10.1. The first kappa shape index (κ1) is 20.5. The highest BCUT2D eigenvalue weighted by atomic mass is 16.6. The van der Waals surface area contributed by atoms with Crippen molar-refractivity contribution in [1.29, 1.82) is 0 Å². The number of benzene rings is 2. The summed E-state index contributed by atoms with van der Waals surface area (Å²) in [6.45, 7) is 6.37. The maximum Gasteiger partial charge on any atom is 0.272 e. The fraction of sp³-hybridized carbons (Fsp3) is 0.333. The maximum absolute atomic E-state index is 13.0. The summed E-state index contributed by atoms with van der Waals surface area (Å²) in [6.07, 6.45) is -0.125. The molecule has 1 fully saturated rings. The highest BCUT2D eigenvalue weighted by molar-refractivity contribution is 6.09. The lowest BCUT2D eigenvalue weighted by Crippen LogP contribution is -2.48. The second-order valence-electron chi connectivity index (χ2n) is 7.23. The Morgan fingerprint density at radius 3 is 2.41 bits per heavy atom. The summed E-state index contributed by atoms with van der Waals surface area (Å²) >= 11 is 0. The molecule has 0 bridgehead atoms. The van der Waals surface area contributed by atoms with E-state index in [1.165, 1.54) is 18.2 Å². The van der Waals surface area contributed by atoms with E-state index in [-0.39, 0.29) is 29.4 Å². The van der Waals surface area contributed by atoms with Crippen molar-refractivity contribution in [3.8, 4) is 0 Å². The van der Waals surface area contributed by atoms with Gasteiger partial charge in [-0.25, -0.2) is 0 Å². The van der Waals surface area contributed by atoms with E-state index >= 15 is 0 Å². The van der Waals surface area contributed by atoms with E-state index in [2.05, 4.69) is 5.32 Å². The van der Waals surface area contributed by atoms with Crippen LogP contribution in [0.25, 0.3) is 0 Å². The number of para-hydroxylation sites is 1. The van der Waals surface area contributed by atoms with Gasteiger partial charge >= 0.3 is 0 Å². The van der Waals surface area contributed by atoms with Crippen LogP contribution in [0.15, 0.2) is 42.5 Å². The van der Waals surface area contributed by atoms with E-state index in [0.29, 0.717) is 29.9 Å². The van der Waals surface area contributed by atoms with Gasteiger partial charge in [0.2, 0.25) is 0 Å². The Balaban J connectivity index is 1.82. The zero-order valence-corrected chi connectivity index (χ0v) is 16.5. The Bertz CT molecular complexity index is 949. The third-order valence-electron chi connectivity index (χ3n) is 4.77. The number of amides is 2. The highest BCUT2D eigenvalue weighted by Crippen LogP contribution is 2.23. The van der Waals surface area contributed by atoms with E-state index < -0.39 is 10.8 Å². The second kappa shape index (κ2) is 8.40. The van der Waals surface area contributed by atoms with Crippen LogP contribution in [0, 0.1) is 17.0 Å². The number of carbonyl (C=O) groups excluding carboxylic acids is 2. The van der Waals surface area contributed by atoms with Crippen LogP contribution in [-0.4, -0.2) is 46.9 Å². The molecule has 29 heavy (non-hydrogen) atoms. The summed E-state index contributed by atoms with van der Waals surface area (Å²) in [5.41, 5.74) is 1.41. The summed E-state index contributed by atoms with van der Waals surface area (Å²) < 4.78 is 5.68.